The van der Waals surface area contributed by atoms with Crippen LogP contribution in [0.2, 0.25) is 0 Å². The number of thiocarbonyl (C=S) groups is 1. The van der Waals surface area contributed by atoms with Gasteiger partial charge in [0.2, 0.25) is 0 Å². The summed E-state index contributed by atoms with van der Waals surface area (Å²) in [7, 11) is 0. The molecule has 1 saturated heterocycles. The zero-order valence-electron chi connectivity index (χ0n) is 14.0. The molecule has 5 heteroatoms. The fourth-order valence-electron chi connectivity index (χ4n) is 3.33. The molecule has 0 aliphatic carbocycles. The number of benzene rings is 1. The van der Waals surface area contributed by atoms with Gasteiger partial charge in [0, 0.05) is 6.54 Å². The molecule has 1 fully saturated rings. The van der Waals surface area contributed by atoms with Crippen LogP contribution in [-0.2, 0) is 6.54 Å². The van der Waals surface area contributed by atoms with Gasteiger partial charge in [-0.25, -0.2) is 0 Å². The van der Waals surface area contributed by atoms with Crippen LogP contribution in [0.5, 0.6) is 0 Å². The molecule has 2 heterocycles. The summed E-state index contributed by atoms with van der Waals surface area (Å²) in [4.78, 5) is 1.59. The molecule has 0 unspecified atom stereocenters. The second-order valence-electron chi connectivity index (χ2n) is 6.34. The van der Waals surface area contributed by atoms with Crippen molar-refractivity contribution < 1.29 is 9.32 Å². The third kappa shape index (κ3) is 4.82. The summed E-state index contributed by atoms with van der Waals surface area (Å²) in [6.07, 6.45) is 5.70. The van der Waals surface area contributed by atoms with E-state index in [1.807, 2.05) is 24.3 Å². The Morgan fingerprint density at radius 1 is 1.04 bits per heavy atom. The Bertz CT molecular complexity index is 609. The van der Waals surface area contributed by atoms with Crippen molar-refractivity contribution in [2.45, 2.75) is 31.8 Å². The largest absolute Gasteiger partial charge is 0.463 e. The fourth-order valence-corrected chi connectivity index (χ4v) is 3.48. The van der Waals surface area contributed by atoms with E-state index in [2.05, 4.69) is 28.8 Å². The smallest absolute Gasteiger partial charge is 0.166 e. The van der Waals surface area contributed by atoms with E-state index in [1.165, 1.54) is 37.9 Å². The minimum atomic E-state index is 0.316. The zero-order valence-corrected chi connectivity index (χ0v) is 14.8. The maximum Gasteiger partial charge on any atom is 0.166 e. The first kappa shape index (κ1) is 17.0. The minimum absolute atomic E-state index is 0.316. The minimum Gasteiger partial charge on any atom is -0.463 e. The van der Waals surface area contributed by atoms with Crippen molar-refractivity contribution in [1.29, 1.82) is 0 Å². The van der Waals surface area contributed by atoms with Crippen LogP contribution < -0.4 is 15.5 Å². The number of likely N-dealkylation sites (tertiary alicyclic amines) is 1. The normalized spacial score (nSPS) is 16.5. The standard InChI is InChI=1S/C19H25N3OS/c24-19(20-14-16-8-3-1-4-9-16)21-15-17(18-10-7-13-23-18)22-11-5-2-6-12-22/h1,3-4,7-10,13,17H,2,5-6,11-12,14-15H2,(H2,20,21,24)/p+1/t17-/m0/s1. The van der Waals surface area contributed by atoms with E-state index in [0.717, 1.165) is 18.8 Å². The van der Waals surface area contributed by atoms with Crippen LogP contribution in [0.4, 0.5) is 0 Å². The lowest BCUT2D eigenvalue weighted by molar-refractivity contribution is -0.936. The van der Waals surface area contributed by atoms with Crippen LogP contribution in [0, 0.1) is 0 Å². The van der Waals surface area contributed by atoms with E-state index in [0.29, 0.717) is 11.2 Å². The molecule has 0 amide bonds. The molecule has 1 aromatic heterocycles. The summed E-state index contributed by atoms with van der Waals surface area (Å²) >= 11 is 5.44. The average Bonchev–Trinajstić information content (AvgIpc) is 3.16. The highest BCUT2D eigenvalue weighted by Crippen LogP contribution is 2.11. The fraction of sp³-hybridized carbons (Fsp3) is 0.421. The molecule has 0 radical (unpaired) electrons. The van der Waals surface area contributed by atoms with Crippen molar-refractivity contribution in [2.75, 3.05) is 19.6 Å². The average molecular weight is 345 g/mol. The van der Waals surface area contributed by atoms with Crippen molar-refractivity contribution >= 4 is 17.3 Å². The molecule has 1 aromatic carbocycles. The monoisotopic (exact) mass is 344 g/mol. The molecule has 0 bridgehead atoms. The highest BCUT2D eigenvalue weighted by atomic mass is 32.1. The molecular formula is C19H26N3OS+. The van der Waals surface area contributed by atoms with E-state index >= 15 is 0 Å². The van der Waals surface area contributed by atoms with Crippen molar-refractivity contribution in [3.63, 3.8) is 0 Å². The number of furan rings is 1. The van der Waals surface area contributed by atoms with Gasteiger partial charge in [-0.2, -0.15) is 0 Å². The molecule has 4 nitrogen and oxygen atoms in total. The lowest BCUT2D eigenvalue weighted by atomic mass is 10.1. The molecule has 0 saturated carbocycles. The summed E-state index contributed by atoms with van der Waals surface area (Å²) in [5.41, 5.74) is 1.23. The maximum absolute atomic E-state index is 5.69. The number of rotatable bonds is 6. The quantitative estimate of drug-likeness (QED) is 0.702. The first-order valence-corrected chi connectivity index (χ1v) is 9.17. The second-order valence-corrected chi connectivity index (χ2v) is 6.74. The zero-order chi connectivity index (χ0) is 16.6. The van der Waals surface area contributed by atoms with Gasteiger partial charge in [-0.3, -0.25) is 0 Å². The first-order valence-electron chi connectivity index (χ1n) is 8.76. The van der Waals surface area contributed by atoms with E-state index in [1.54, 1.807) is 11.2 Å². The van der Waals surface area contributed by atoms with Gasteiger partial charge in [0.1, 0.15) is 0 Å². The summed E-state index contributed by atoms with van der Waals surface area (Å²) in [5, 5.41) is 7.36. The Labute approximate surface area is 149 Å². The number of hydrogen-bond donors (Lipinski definition) is 3. The molecule has 1 atom stereocenters. The Hall–Kier alpha value is -1.85. The van der Waals surface area contributed by atoms with Crippen LogP contribution >= 0.6 is 12.2 Å². The number of quaternary nitrogens is 1. The van der Waals surface area contributed by atoms with Crippen LogP contribution in [-0.4, -0.2) is 24.7 Å². The number of hydrogen-bond acceptors (Lipinski definition) is 2. The Kier molecular flexibility index (Phi) is 6.26. The van der Waals surface area contributed by atoms with Gasteiger partial charge in [-0.15, -0.1) is 0 Å². The molecule has 2 aromatic rings. The topological polar surface area (TPSA) is 41.6 Å². The summed E-state index contributed by atoms with van der Waals surface area (Å²) in [5.74, 6) is 1.05. The molecule has 0 spiro atoms. The number of nitrogens with one attached hydrogen (secondary N) is 3. The maximum atomic E-state index is 5.69. The van der Waals surface area contributed by atoms with Gasteiger partial charge >= 0.3 is 0 Å². The van der Waals surface area contributed by atoms with Crippen LogP contribution in [0.25, 0.3) is 0 Å². The molecule has 128 valence electrons. The highest BCUT2D eigenvalue weighted by Gasteiger charge is 2.28. The SMILES string of the molecule is S=C(NCc1ccccc1)NC[C@@H](c1ccco1)[NH+]1CCCCC1. The highest BCUT2D eigenvalue weighted by molar-refractivity contribution is 7.80. The van der Waals surface area contributed by atoms with Gasteiger partial charge in [-0.1, -0.05) is 30.3 Å². The van der Waals surface area contributed by atoms with Gasteiger partial charge in [0.25, 0.3) is 0 Å². The van der Waals surface area contributed by atoms with Crippen LogP contribution in [0.1, 0.15) is 36.6 Å². The molecule has 3 rings (SSSR count). The van der Waals surface area contributed by atoms with Crippen molar-refractivity contribution in [1.82, 2.24) is 10.6 Å². The third-order valence-corrected chi connectivity index (χ3v) is 4.93. The van der Waals surface area contributed by atoms with E-state index in [-0.39, 0.29) is 0 Å². The van der Waals surface area contributed by atoms with Crippen LogP contribution in [0.3, 0.4) is 0 Å². The predicted octanol–water partition coefficient (Wildman–Crippen LogP) is 2.05. The van der Waals surface area contributed by atoms with E-state index in [4.69, 9.17) is 16.6 Å². The first-order chi connectivity index (χ1) is 11.8. The van der Waals surface area contributed by atoms with Gasteiger partial charge in [0.05, 0.1) is 25.9 Å². The molecular weight excluding hydrogens is 318 g/mol. The lowest BCUT2D eigenvalue weighted by Gasteiger charge is -2.30. The Balaban J connectivity index is 1.52. The third-order valence-electron chi connectivity index (χ3n) is 4.64. The summed E-state index contributed by atoms with van der Waals surface area (Å²) < 4.78 is 5.69. The molecule has 3 N–H and O–H groups in total. The van der Waals surface area contributed by atoms with E-state index in [9.17, 15) is 0 Å². The predicted molar refractivity (Wildman–Crippen MR) is 99.9 cm³/mol. The molecule has 1 aliphatic rings. The Morgan fingerprint density at radius 3 is 2.54 bits per heavy atom. The van der Waals surface area contributed by atoms with E-state index < -0.39 is 0 Å². The second kappa shape index (κ2) is 8.85. The summed E-state index contributed by atoms with van der Waals surface area (Å²) in [6.45, 7) is 3.95. The van der Waals surface area contributed by atoms with Crippen molar-refractivity contribution in [3.05, 3.63) is 60.1 Å². The van der Waals surface area contributed by atoms with Gasteiger partial charge < -0.3 is 20.0 Å². The lowest BCUT2D eigenvalue weighted by Crippen LogP contribution is -3.13. The van der Waals surface area contributed by atoms with Crippen molar-refractivity contribution in [3.8, 4) is 0 Å². The van der Waals surface area contributed by atoms with Gasteiger partial charge in [0.15, 0.2) is 16.9 Å². The van der Waals surface area contributed by atoms with Crippen LogP contribution in [0.15, 0.2) is 53.1 Å². The molecule has 24 heavy (non-hydrogen) atoms. The van der Waals surface area contributed by atoms with Gasteiger partial charge in [-0.05, 0) is 49.2 Å². The number of piperidine rings is 1. The van der Waals surface area contributed by atoms with Crippen molar-refractivity contribution in [2.24, 2.45) is 0 Å². The summed E-state index contributed by atoms with van der Waals surface area (Å²) in [6, 6.07) is 14.7. The Morgan fingerprint density at radius 2 is 1.83 bits per heavy atom. The molecule has 1 aliphatic heterocycles.